The van der Waals surface area contributed by atoms with Crippen LogP contribution in [0.1, 0.15) is 57.4 Å². The van der Waals surface area contributed by atoms with Gasteiger partial charge in [0.2, 0.25) is 15.0 Å². The predicted molar refractivity (Wildman–Crippen MR) is 121 cm³/mol. The van der Waals surface area contributed by atoms with E-state index in [1.807, 2.05) is 63.8 Å². The second-order valence-electron chi connectivity index (χ2n) is 9.25. The van der Waals surface area contributed by atoms with Crippen LogP contribution in [0, 0.1) is 12.8 Å². The Balaban J connectivity index is 1.91. The minimum Gasteiger partial charge on any atom is -0.336 e. The number of carbonyl (C=O) groups is 1. The molecule has 1 saturated carbocycles. The van der Waals surface area contributed by atoms with Gasteiger partial charge in [0.1, 0.15) is 0 Å². The third kappa shape index (κ3) is 6.09. The van der Waals surface area contributed by atoms with E-state index in [1.54, 1.807) is 10.8 Å². The van der Waals surface area contributed by atoms with Gasteiger partial charge in [-0.15, -0.1) is 0 Å². The van der Waals surface area contributed by atoms with E-state index in [2.05, 4.69) is 10.3 Å². The molecule has 1 aliphatic rings. The summed E-state index contributed by atoms with van der Waals surface area (Å²) in [7, 11) is -3.63. The number of sulfone groups is 1. The van der Waals surface area contributed by atoms with E-state index in [0.29, 0.717) is 13.1 Å². The second kappa shape index (κ2) is 9.42. The molecule has 0 atom stereocenters. The number of aryl methyl sites for hydroxylation is 1. The van der Waals surface area contributed by atoms with Crippen molar-refractivity contribution < 1.29 is 13.2 Å². The average Bonchev–Trinajstić information content (AvgIpc) is 3.40. The van der Waals surface area contributed by atoms with Crippen LogP contribution in [0.5, 0.6) is 0 Å². The van der Waals surface area contributed by atoms with Gasteiger partial charge in [0, 0.05) is 18.6 Å². The third-order valence-electron chi connectivity index (χ3n) is 5.16. The van der Waals surface area contributed by atoms with Crippen molar-refractivity contribution in [3.63, 3.8) is 0 Å². The summed E-state index contributed by atoms with van der Waals surface area (Å²) in [6.07, 6.45) is 3.56. The summed E-state index contributed by atoms with van der Waals surface area (Å²) in [4.78, 5) is 18.9. The Morgan fingerprint density at radius 3 is 2.55 bits per heavy atom. The van der Waals surface area contributed by atoms with E-state index in [4.69, 9.17) is 0 Å². The first-order chi connectivity index (χ1) is 14.6. The summed E-state index contributed by atoms with van der Waals surface area (Å²) in [5, 5.41) is 3.04. The molecule has 1 fully saturated rings. The molecule has 2 aromatic rings. The number of hydrogen-bond acceptors (Lipinski definition) is 4. The Labute approximate surface area is 185 Å². The number of rotatable bonds is 9. The molecule has 2 amide bonds. The zero-order valence-corrected chi connectivity index (χ0v) is 19.9. The molecule has 7 nitrogen and oxygen atoms in total. The number of nitrogens with one attached hydrogen (secondary N) is 1. The quantitative estimate of drug-likeness (QED) is 0.633. The molecule has 170 valence electrons. The Kier molecular flexibility index (Phi) is 7.09. The van der Waals surface area contributed by atoms with Crippen LogP contribution < -0.4 is 5.32 Å². The van der Waals surface area contributed by atoms with Gasteiger partial charge in [-0.05, 0) is 45.1 Å². The molecule has 0 aliphatic heterocycles. The fourth-order valence-electron chi connectivity index (χ4n) is 3.67. The maximum Gasteiger partial charge on any atom is 0.318 e. The van der Waals surface area contributed by atoms with Gasteiger partial charge >= 0.3 is 6.03 Å². The van der Waals surface area contributed by atoms with Crippen molar-refractivity contribution in [1.29, 1.82) is 0 Å². The standard InChI is InChI=1S/C23H34N4O3S/c1-16(2)13-27-21(14-26(20-9-10-20)22(28)25-17(3)4)12-24-23(27)31(29,30)15-19-8-6-7-18(5)11-19/h6-8,11-12,16-17,20H,9-10,13-15H2,1-5H3,(H,25,28). The highest BCUT2D eigenvalue weighted by Gasteiger charge is 2.34. The highest BCUT2D eigenvalue weighted by Crippen LogP contribution is 2.29. The van der Waals surface area contributed by atoms with Gasteiger partial charge < -0.3 is 14.8 Å². The first kappa shape index (κ1) is 23.3. The van der Waals surface area contributed by atoms with E-state index in [-0.39, 0.29) is 34.9 Å². The van der Waals surface area contributed by atoms with Gasteiger partial charge in [0.15, 0.2) is 0 Å². The Bertz CT molecular complexity index is 1020. The molecule has 0 spiro atoms. The molecular weight excluding hydrogens is 412 g/mol. The Morgan fingerprint density at radius 2 is 1.97 bits per heavy atom. The molecule has 1 aliphatic carbocycles. The monoisotopic (exact) mass is 446 g/mol. The van der Waals surface area contributed by atoms with Crippen molar-refractivity contribution in [2.45, 2.75) is 83.5 Å². The molecule has 0 saturated heterocycles. The number of amides is 2. The molecule has 8 heteroatoms. The number of aromatic nitrogens is 2. The molecule has 0 unspecified atom stereocenters. The SMILES string of the molecule is Cc1cccc(CS(=O)(=O)c2ncc(CN(C(=O)NC(C)C)C3CC3)n2CC(C)C)c1. The third-order valence-corrected chi connectivity index (χ3v) is 6.76. The van der Waals surface area contributed by atoms with E-state index in [1.165, 1.54) is 0 Å². The molecule has 3 rings (SSSR count). The zero-order valence-electron chi connectivity index (χ0n) is 19.1. The van der Waals surface area contributed by atoms with Crippen molar-refractivity contribution in [2.24, 2.45) is 5.92 Å². The normalized spacial score (nSPS) is 14.3. The van der Waals surface area contributed by atoms with E-state index in [9.17, 15) is 13.2 Å². The number of imidazole rings is 1. The Hall–Kier alpha value is -2.35. The van der Waals surface area contributed by atoms with Crippen molar-refractivity contribution >= 4 is 15.9 Å². The largest absolute Gasteiger partial charge is 0.336 e. The van der Waals surface area contributed by atoms with Crippen molar-refractivity contribution in [3.05, 3.63) is 47.3 Å². The molecule has 1 aromatic heterocycles. The fraction of sp³-hybridized carbons (Fsp3) is 0.565. The van der Waals surface area contributed by atoms with Gasteiger partial charge in [0.25, 0.3) is 0 Å². The van der Waals surface area contributed by atoms with Gasteiger partial charge in [-0.3, -0.25) is 0 Å². The first-order valence-corrected chi connectivity index (χ1v) is 12.6. The summed E-state index contributed by atoms with van der Waals surface area (Å²) in [5.74, 6) is 0.142. The highest BCUT2D eigenvalue weighted by atomic mass is 32.2. The molecule has 1 heterocycles. The van der Waals surface area contributed by atoms with Crippen molar-refractivity contribution in [3.8, 4) is 0 Å². The Morgan fingerprint density at radius 1 is 1.26 bits per heavy atom. The maximum absolute atomic E-state index is 13.3. The van der Waals surface area contributed by atoms with Crippen LogP contribution in [0.2, 0.25) is 0 Å². The number of hydrogen-bond donors (Lipinski definition) is 1. The number of carbonyl (C=O) groups excluding carboxylic acids is 1. The van der Waals surface area contributed by atoms with Gasteiger partial charge in [-0.25, -0.2) is 18.2 Å². The number of urea groups is 1. The number of benzene rings is 1. The van der Waals surface area contributed by atoms with E-state index < -0.39 is 9.84 Å². The van der Waals surface area contributed by atoms with Gasteiger partial charge in [-0.2, -0.15) is 0 Å². The first-order valence-electron chi connectivity index (χ1n) is 11.0. The van der Waals surface area contributed by atoms with Crippen LogP contribution in [-0.2, 0) is 28.7 Å². The average molecular weight is 447 g/mol. The highest BCUT2D eigenvalue weighted by molar-refractivity contribution is 7.90. The molecule has 0 radical (unpaired) electrons. The van der Waals surface area contributed by atoms with Crippen LogP contribution >= 0.6 is 0 Å². The van der Waals surface area contributed by atoms with Crippen molar-refractivity contribution in [1.82, 2.24) is 19.8 Å². The smallest absolute Gasteiger partial charge is 0.318 e. The van der Waals surface area contributed by atoms with E-state index >= 15 is 0 Å². The van der Waals surface area contributed by atoms with Crippen molar-refractivity contribution in [2.75, 3.05) is 0 Å². The minimum absolute atomic E-state index is 0.0413. The minimum atomic E-state index is -3.63. The summed E-state index contributed by atoms with van der Waals surface area (Å²) in [6, 6.07) is 7.66. The summed E-state index contributed by atoms with van der Waals surface area (Å²) < 4.78 is 28.3. The van der Waals surface area contributed by atoms with Crippen LogP contribution in [-0.4, -0.2) is 41.0 Å². The van der Waals surface area contributed by atoms with Gasteiger partial charge in [-0.1, -0.05) is 43.7 Å². The molecular formula is C23H34N4O3S. The lowest BCUT2D eigenvalue weighted by atomic mass is 10.2. The van der Waals surface area contributed by atoms with Crippen LogP contribution in [0.25, 0.3) is 0 Å². The molecule has 1 N–H and O–H groups in total. The molecule has 0 bridgehead atoms. The van der Waals surface area contributed by atoms with Crippen LogP contribution in [0.3, 0.4) is 0 Å². The summed E-state index contributed by atoms with van der Waals surface area (Å²) in [6.45, 7) is 10.8. The summed E-state index contributed by atoms with van der Waals surface area (Å²) >= 11 is 0. The lowest BCUT2D eigenvalue weighted by molar-refractivity contribution is 0.187. The maximum atomic E-state index is 13.3. The fourth-order valence-corrected chi connectivity index (χ4v) is 5.16. The van der Waals surface area contributed by atoms with Gasteiger partial charge in [0.05, 0.1) is 24.2 Å². The molecule has 1 aromatic carbocycles. The second-order valence-corrected chi connectivity index (χ2v) is 11.1. The molecule has 31 heavy (non-hydrogen) atoms. The summed E-state index contributed by atoms with van der Waals surface area (Å²) in [5.41, 5.74) is 2.52. The number of nitrogens with zero attached hydrogens (tertiary/aromatic N) is 3. The predicted octanol–water partition coefficient (Wildman–Crippen LogP) is 3.90. The zero-order chi connectivity index (χ0) is 22.8. The van der Waals surface area contributed by atoms with Crippen LogP contribution in [0.15, 0.2) is 35.6 Å². The van der Waals surface area contributed by atoms with Crippen LogP contribution in [0.4, 0.5) is 4.79 Å². The topological polar surface area (TPSA) is 84.3 Å². The lowest BCUT2D eigenvalue weighted by Crippen LogP contribution is -2.44. The lowest BCUT2D eigenvalue weighted by Gasteiger charge is -2.25. The van der Waals surface area contributed by atoms with E-state index in [0.717, 1.165) is 29.7 Å².